The number of rotatable bonds is 4. The highest BCUT2D eigenvalue weighted by atomic mass is 19.1. The number of amides is 1. The van der Waals surface area contributed by atoms with E-state index in [1.165, 1.54) is 6.07 Å². The normalized spacial score (nSPS) is 17.1. The fourth-order valence-corrected chi connectivity index (χ4v) is 3.79. The van der Waals surface area contributed by atoms with Crippen molar-refractivity contribution < 1.29 is 9.18 Å². The number of pyridine rings is 1. The average Bonchev–Trinajstić information content (AvgIpc) is 3.14. The van der Waals surface area contributed by atoms with Crippen molar-refractivity contribution in [1.29, 1.82) is 0 Å². The first kappa shape index (κ1) is 17.4. The first-order valence-electron chi connectivity index (χ1n) is 9.27. The lowest BCUT2D eigenvalue weighted by molar-refractivity contribution is -0.126. The van der Waals surface area contributed by atoms with Crippen LogP contribution in [0.3, 0.4) is 0 Å². The predicted octanol–water partition coefficient (Wildman–Crippen LogP) is 4.62. The van der Waals surface area contributed by atoms with E-state index in [9.17, 15) is 9.18 Å². The maximum absolute atomic E-state index is 13.4. The quantitative estimate of drug-likeness (QED) is 0.636. The van der Waals surface area contributed by atoms with Crippen molar-refractivity contribution in [2.45, 2.75) is 25.3 Å². The third kappa shape index (κ3) is 3.90. The van der Waals surface area contributed by atoms with Crippen LogP contribution in [0.2, 0.25) is 0 Å². The summed E-state index contributed by atoms with van der Waals surface area (Å²) in [6.45, 7) is 0.747. The van der Waals surface area contributed by atoms with E-state index in [4.69, 9.17) is 0 Å². The van der Waals surface area contributed by atoms with Crippen molar-refractivity contribution in [3.8, 4) is 0 Å². The largest absolute Gasteiger partial charge is 0.336 e. The summed E-state index contributed by atoms with van der Waals surface area (Å²) < 4.78 is 13.4. The molecule has 3 nitrogen and oxygen atoms in total. The van der Waals surface area contributed by atoms with E-state index in [1.807, 2.05) is 47.4 Å². The maximum atomic E-state index is 13.4. The van der Waals surface area contributed by atoms with Gasteiger partial charge in [-0.05, 0) is 49.1 Å². The second-order valence-corrected chi connectivity index (χ2v) is 6.92. The van der Waals surface area contributed by atoms with Crippen LogP contribution in [0, 0.1) is 5.82 Å². The molecular formula is C23H21FN2O. The number of carbonyl (C=O) groups is 1. The lowest BCUT2D eigenvalue weighted by Gasteiger charge is -2.23. The summed E-state index contributed by atoms with van der Waals surface area (Å²) in [5, 5.41) is 1.05. The Kier molecular flexibility index (Phi) is 4.97. The van der Waals surface area contributed by atoms with Gasteiger partial charge in [0, 0.05) is 35.8 Å². The fourth-order valence-electron chi connectivity index (χ4n) is 3.79. The molecule has 1 atom stereocenters. The first-order chi connectivity index (χ1) is 13.2. The molecule has 136 valence electrons. The standard InChI is InChI=1S/C23H21FN2O/c24-20-9-1-5-17(15-20)16-21-10-4-14-26(21)22(27)12-11-19-7-2-6-18-8-3-13-25-23(18)19/h1-3,5-9,11-13,15,21H,4,10,14,16H2/b12-11+/t21-/m1/s1. The topological polar surface area (TPSA) is 33.2 Å². The molecule has 4 rings (SSSR count). The van der Waals surface area contributed by atoms with Crippen LogP contribution < -0.4 is 0 Å². The van der Waals surface area contributed by atoms with E-state index in [0.29, 0.717) is 6.42 Å². The zero-order valence-electron chi connectivity index (χ0n) is 15.0. The minimum Gasteiger partial charge on any atom is -0.336 e. The number of benzene rings is 2. The minimum atomic E-state index is -0.230. The highest BCUT2D eigenvalue weighted by Crippen LogP contribution is 2.23. The molecule has 3 aromatic rings. The van der Waals surface area contributed by atoms with Gasteiger partial charge in [-0.25, -0.2) is 4.39 Å². The summed E-state index contributed by atoms with van der Waals surface area (Å²) in [5.74, 6) is -0.228. The number of para-hydroxylation sites is 1. The number of likely N-dealkylation sites (tertiary alicyclic amines) is 1. The molecule has 0 N–H and O–H groups in total. The van der Waals surface area contributed by atoms with Gasteiger partial charge in [-0.3, -0.25) is 9.78 Å². The second kappa shape index (κ2) is 7.70. The Morgan fingerprint density at radius 1 is 1.19 bits per heavy atom. The molecule has 0 radical (unpaired) electrons. The highest BCUT2D eigenvalue weighted by Gasteiger charge is 2.27. The van der Waals surface area contributed by atoms with Gasteiger partial charge in [0.1, 0.15) is 5.82 Å². The summed E-state index contributed by atoms with van der Waals surface area (Å²) in [5.41, 5.74) is 2.76. The first-order valence-corrected chi connectivity index (χ1v) is 9.27. The number of halogens is 1. The number of fused-ring (bicyclic) bond motifs is 1. The SMILES string of the molecule is O=C(/C=C/c1cccc2cccnc12)N1CCC[C@@H]1Cc1cccc(F)c1. The van der Waals surface area contributed by atoms with E-state index in [0.717, 1.165) is 41.4 Å². The summed E-state index contributed by atoms with van der Waals surface area (Å²) in [7, 11) is 0. The van der Waals surface area contributed by atoms with Gasteiger partial charge in [-0.1, -0.05) is 36.4 Å². The molecule has 0 unspecified atom stereocenters. The van der Waals surface area contributed by atoms with Crippen molar-refractivity contribution in [3.63, 3.8) is 0 Å². The molecule has 2 heterocycles. The molecule has 0 saturated carbocycles. The molecule has 1 saturated heterocycles. The van der Waals surface area contributed by atoms with Crippen LogP contribution in [0.1, 0.15) is 24.0 Å². The van der Waals surface area contributed by atoms with Crippen LogP contribution in [0.4, 0.5) is 4.39 Å². The minimum absolute atomic E-state index is 0.00170. The van der Waals surface area contributed by atoms with Crippen LogP contribution in [0.5, 0.6) is 0 Å². The predicted molar refractivity (Wildman–Crippen MR) is 106 cm³/mol. The Hall–Kier alpha value is -3.01. The zero-order valence-corrected chi connectivity index (χ0v) is 15.0. The Labute approximate surface area is 158 Å². The molecule has 2 aromatic carbocycles. The summed E-state index contributed by atoms with van der Waals surface area (Å²) >= 11 is 0. The van der Waals surface area contributed by atoms with Crippen LogP contribution in [-0.2, 0) is 11.2 Å². The van der Waals surface area contributed by atoms with Crippen molar-refractivity contribution in [1.82, 2.24) is 9.88 Å². The van der Waals surface area contributed by atoms with Crippen LogP contribution >= 0.6 is 0 Å². The number of carbonyl (C=O) groups excluding carboxylic acids is 1. The van der Waals surface area contributed by atoms with E-state index < -0.39 is 0 Å². The van der Waals surface area contributed by atoms with E-state index >= 15 is 0 Å². The lowest BCUT2D eigenvalue weighted by atomic mass is 10.0. The van der Waals surface area contributed by atoms with Crippen molar-refractivity contribution in [2.75, 3.05) is 6.54 Å². The van der Waals surface area contributed by atoms with Gasteiger partial charge in [0.2, 0.25) is 5.91 Å². The third-order valence-corrected chi connectivity index (χ3v) is 5.09. The van der Waals surface area contributed by atoms with Gasteiger partial charge in [0.25, 0.3) is 0 Å². The monoisotopic (exact) mass is 360 g/mol. The average molecular weight is 360 g/mol. The number of nitrogens with zero attached hydrogens (tertiary/aromatic N) is 2. The molecule has 0 spiro atoms. The van der Waals surface area contributed by atoms with E-state index in [1.54, 1.807) is 24.4 Å². The Balaban J connectivity index is 1.50. The number of hydrogen-bond acceptors (Lipinski definition) is 2. The van der Waals surface area contributed by atoms with Gasteiger partial charge < -0.3 is 4.90 Å². The van der Waals surface area contributed by atoms with Gasteiger partial charge in [-0.15, -0.1) is 0 Å². The Morgan fingerprint density at radius 3 is 2.93 bits per heavy atom. The molecular weight excluding hydrogens is 339 g/mol. The van der Waals surface area contributed by atoms with E-state index in [2.05, 4.69) is 4.98 Å². The van der Waals surface area contributed by atoms with Gasteiger partial charge in [-0.2, -0.15) is 0 Å². The Bertz CT molecular complexity index is 993. The van der Waals surface area contributed by atoms with Crippen molar-refractivity contribution in [3.05, 3.63) is 83.8 Å². The van der Waals surface area contributed by atoms with Gasteiger partial charge in [0.05, 0.1) is 5.52 Å². The highest BCUT2D eigenvalue weighted by molar-refractivity contribution is 5.95. The molecule has 27 heavy (non-hydrogen) atoms. The summed E-state index contributed by atoms with van der Waals surface area (Å²) in [6.07, 6.45) is 7.86. The van der Waals surface area contributed by atoms with Crippen LogP contribution in [0.25, 0.3) is 17.0 Å². The lowest BCUT2D eigenvalue weighted by Crippen LogP contribution is -2.35. The summed E-state index contributed by atoms with van der Waals surface area (Å²) in [6, 6.07) is 16.6. The van der Waals surface area contributed by atoms with Crippen molar-refractivity contribution in [2.24, 2.45) is 0 Å². The second-order valence-electron chi connectivity index (χ2n) is 6.92. The fraction of sp³-hybridized carbons (Fsp3) is 0.217. The third-order valence-electron chi connectivity index (χ3n) is 5.09. The maximum Gasteiger partial charge on any atom is 0.246 e. The molecule has 1 aliphatic heterocycles. The van der Waals surface area contributed by atoms with Gasteiger partial charge in [0.15, 0.2) is 0 Å². The van der Waals surface area contributed by atoms with Crippen LogP contribution in [-0.4, -0.2) is 28.4 Å². The molecule has 1 amide bonds. The Morgan fingerprint density at radius 2 is 2.04 bits per heavy atom. The smallest absolute Gasteiger partial charge is 0.246 e. The summed E-state index contributed by atoms with van der Waals surface area (Å²) in [4.78, 5) is 19.1. The van der Waals surface area contributed by atoms with E-state index in [-0.39, 0.29) is 17.8 Å². The molecule has 0 aliphatic carbocycles. The zero-order chi connectivity index (χ0) is 18.6. The molecule has 1 fully saturated rings. The van der Waals surface area contributed by atoms with Crippen molar-refractivity contribution >= 4 is 22.9 Å². The number of aromatic nitrogens is 1. The molecule has 1 aromatic heterocycles. The van der Waals surface area contributed by atoms with Gasteiger partial charge >= 0.3 is 0 Å². The molecule has 1 aliphatic rings. The number of hydrogen-bond donors (Lipinski definition) is 0. The molecule has 0 bridgehead atoms. The molecule has 4 heteroatoms. The van der Waals surface area contributed by atoms with Crippen LogP contribution in [0.15, 0.2) is 66.9 Å².